The smallest absolute Gasteiger partial charge is 0.289 e. The Hall–Kier alpha value is -3.54. The number of primary sulfonamides is 1. The third-order valence-electron chi connectivity index (χ3n) is 5.94. The molecule has 1 aliphatic heterocycles. The number of likely N-dealkylation sites (tertiary alicyclic amines) is 1. The lowest BCUT2D eigenvalue weighted by Gasteiger charge is -2.30. The van der Waals surface area contributed by atoms with Crippen LogP contribution in [0, 0.1) is 0 Å². The van der Waals surface area contributed by atoms with Crippen LogP contribution < -0.4 is 10.5 Å². The van der Waals surface area contributed by atoms with Gasteiger partial charge in [0, 0.05) is 35.5 Å². The van der Waals surface area contributed by atoms with Crippen LogP contribution in [-0.2, 0) is 10.0 Å². The lowest BCUT2D eigenvalue weighted by Crippen LogP contribution is -2.37. The fourth-order valence-corrected chi connectivity index (χ4v) is 5.63. The molecule has 11 heteroatoms. The first kappa shape index (κ1) is 23.2. The summed E-state index contributed by atoms with van der Waals surface area (Å²) in [6.45, 7) is 1.14. The number of benzene rings is 2. The summed E-state index contributed by atoms with van der Waals surface area (Å²) >= 11 is 1.40. The number of sulfonamides is 1. The number of thiazole rings is 1. The summed E-state index contributed by atoms with van der Waals surface area (Å²) in [5.41, 5.74) is 1.26. The maximum absolute atomic E-state index is 12.9. The van der Waals surface area contributed by atoms with E-state index in [0.717, 1.165) is 23.2 Å². The van der Waals surface area contributed by atoms with Crippen molar-refractivity contribution in [3.63, 3.8) is 0 Å². The van der Waals surface area contributed by atoms with Crippen LogP contribution in [0.15, 0.2) is 69.3 Å². The standard InChI is InChI=1S/C24H22N4O5S2/c25-35(31,32)18-6-3-5-17(13-18)26-22(29)19-14-34-23(27-19)15-8-10-28(11-9-15)24(30)21-12-16-4-1-2-7-20(16)33-21/h1-7,12-15H,8-11H2,(H,26,29)(H2,25,31,32). The highest BCUT2D eigenvalue weighted by atomic mass is 32.2. The van der Waals surface area contributed by atoms with Crippen molar-refractivity contribution in [1.82, 2.24) is 9.88 Å². The molecule has 180 valence electrons. The van der Waals surface area contributed by atoms with E-state index < -0.39 is 15.9 Å². The molecule has 0 aliphatic carbocycles. The van der Waals surface area contributed by atoms with Crippen LogP contribution >= 0.6 is 11.3 Å². The molecule has 0 unspecified atom stereocenters. The van der Waals surface area contributed by atoms with Gasteiger partial charge < -0.3 is 14.6 Å². The summed E-state index contributed by atoms with van der Waals surface area (Å²) in [4.78, 5) is 31.7. The first-order chi connectivity index (χ1) is 16.8. The average molecular weight is 511 g/mol. The van der Waals surface area contributed by atoms with Gasteiger partial charge in [0.2, 0.25) is 10.0 Å². The SMILES string of the molecule is NS(=O)(=O)c1cccc(NC(=O)c2csc(C3CCN(C(=O)c4cc5ccccc5o4)CC3)n2)c1. The third-order valence-corrected chi connectivity index (χ3v) is 7.86. The Morgan fingerprint density at radius 3 is 2.60 bits per heavy atom. The van der Waals surface area contributed by atoms with Gasteiger partial charge >= 0.3 is 0 Å². The highest BCUT2D eigenvalue weighted by Crippen LogP contribution is 2.31. The van der Waals surface area contributed by atoms with Gasteiger partial charge in [-0.05, 0) is 43.2 Å². The van der Waals surface area contributed by atoms with E-state index in [0.29, 0.717) is 30.1 Å². The Labute approximate surface area is 205 Å². The van der Waals surface area contributed by atoms with E-state index in [1.165, 1.54) is 29.5 Å². The molecule has 0 saturated carbocycles. The number of rotatable bonds is 5. The van der Waals surface area contributed by atoms with E-state index in [9.17, 15) is 18.0 Å². The van der Waals surface area contributed by atoms with Gasteiger partial charge in [-0.25, -0.2) is 18.5 Å². The molecule has 0 spiro atoms. The first-order valence-electron chi connectivity index (χ1n) is 11.0. The number of piperidine rings is 1. The van der Waals surface area contributed by atoms with Crippen molar-refractivity contribution >= 4 is 49.8 Å². The summed E-state index contributed by atoms with van der Waals surface area (Å²) in [5.74, 6) is -0.0755. The normalized spacial score (nSPS) is 14.8. The van der Waals surface area contributed by atoms with Crippen molar-refractivity contribution in [2.24, 2.45) is 5.14 Å². The van der Waals surface area contributed by atoms with E-state index in [4.69, 9.17) is 9.56 Å². The maximum Gasteiger partial charge on any atom is 0.289 e. The summed E-state index contributed by atoms with van der Waals surface area (Å²) in [7, 11) is -3.87. The van der Waals surface area contributed by atoms with Gasteiger partial charge in [0.1, 0.15) is 11.3 Å². The molecule has 5 rings (SSSR count). The van der Waals surface area contributed by atoms with Gasteiger partial charge in [-0.1, -0.05) is 24.3 Å². The molecule has 1 aliphatic rings. The largest absolute Gasteiger partial charge is 0.451 e. The monoisotopic (exact) mass is 510 g/mol. The molecule has 9 nitrogen and oxygen atoms in total. The molecule has 2 aromatic carbocycles. The summed E-state index contributed by atoms with van der Waals surface area (Å²) < 4.78 is 28.8. The molecule has 2 amide bonds. The molecule has 0 bridgehead atoms. The topological polar surface area (TPSA) is 136 Å². The lowest BCUT2D eigenvalue weighted by atomic mass is 9.97. The number of hydrogen-bond donors (Lipinski definition) is 2. The number of nitrogens with one attached hydrogen (secondary N) is 1. The molecule has 1 fully saturated rings. The Morgan fingerprint density at radius 2 is 1.86 bits per heavy atom. The minimum absolute atomic E-state index is 0.0850. The van der Waals surface area contributed by atoms with E-state index in [1.807, 2.05) is 24.3 Å². The Balaban J connectivity index is 1.20. The molecule has 4 aromatic rings. The van der Waals surface area contributed by atoms with Gasteiger partial charge in [-0.2, -0.15) is 0 Å². The predicted octanol–water partition coefficient (Wildman–Crippen LogP) is 3.81. The van der Waals surface area contributed by atoms with Crippen molar-refractivity contribution in [3.8, 4) is 0 Å². The number of carbonyl (C=O) groups excluding carboxylic acids is 2. The Morgan fingerprint density at radius 1 is 1.09 bits per heavy atom. The lowest BCUT2D eigenvalue weighted by molar-refractivity contribution is 0.0683. The highest BCUT2D eigenvalue weighted by Gasteiger charge is 2.28. The van der Waals surface area contributed by atoms with Gasteiger partial charge in [0.15, 0.2) is 5.76 Å². The van der Waals surface area contributed by atoms with Crippen molar-refractivity contribution in [3.05, 3.63) is 76.4 Å². The van der Waals surface area contributed by atoms with Crippen molar-refractivity contribution in [2.75, 3.05) is 18.4 Å². The quantitative estimate of drug-likeness (QED) is 0.419. The first-order valence-corrected chi connectivity index (χ1v) is 13.4. The number of nitrogens with zero attached hydrogens (tertiary/aromatic N) is 2. The number of furan rings is 1. The van der Waals surface area contributed by atoms with Crippen LogP contribution in [0.5, 0.6) is 0 Å². The van der Waals surface area contributed by atoms with Gasteiger partial charge in [-0.15, -0.1) is 11.3 Å². The molecule has 35 heavy (non-hydrogen) atoms. The minimum atomic E-state index is -3.87. The molecule has 2 aromatic heterocycles. The average Bonchev–Trinajstić information content (AvgIpc) is 3.51. The Kier molecular flexibility index (Phi) is 6.13. The molecular formula is C24H22N4O5S2. The van der Waals surface area contributed by atoms with E-state index in [2.05, 4.69) is 10.3 Å². The van der Waals surface area contributed by atoms with Crippen LogP contribution in [0.3, 0.4) is 0 Å². The van der Waals surface area contributed by atoms with Gasteiger partial charge in [-0.3, -0.25) is 9.59 Å². The number of hydrogen-bond acceptors (Lipinski definition) is 7. The molecule has 1 saturated heterocycles. The summed E-state index contributed by atoms with van der Waals surface area (Å²) in [6.07, 6.45) is 1.47. The molecule has 3 N–H and O–H groups in total. The second-order valence-corrected chi connectivity index (χ2v) is 10.8. The Bertz CT molecular complexity index is 1480. The van der Waals surface area contributed by atoms with Crippen molar-refractivity contribution < 1.29 is 22.4 Å². The van der Waals surface area contributed by atoms with E-state index in [-0.39, 0.29) is 22.4 Å². The zero-order valence-corrected chi connectivity index (χ0v) is 20.1. The number of amides is 2. The zero-order valence-electron chi connectivity index (χ0n) is 18.5. The second-order valence-electron chi connectivity index (χ2n) is 8.31. The van der Waals surface area contributed by atoms with Crippen LogP contribution in [0.1, 0.15) is 44.8 Å². The van der Waals surface area contributed by atoms with E-state index >= 15 is 0 Å². The molecule has 0 atom stereocenters. The van der Waals surface area contributed by atoms with Crippen LogP contribution in [-0.4, -0.2) is 43.2 Å². The van der Waals surface area contributed by atoms with Crippen LogP contribution in [0.2, 0.25) is 0 Å². The minimum Gasteiger partial charge on any atom is -0.451 e. The van der Waals surface area contributed by atoms with Crippen LogP contribution in [0.25, 0.3) is 11.0 Å². The van der Waals surface area contributed by atoms with Gasteiger partial charge in [0.05, 0.1) is 9.90 Å². The number of fused-ring (bicyclic) bond motifs is 1. The highest BCUT2D eigenvalue weighted by molar-refractivity contribution is 7.89. The second kappa shape index (κ2) is 9.25. The number of anilines is 1. The maximum atomic E-state index is 12.9. The fourth-order valence-electron chi connectivity index (χ4n) is 4.10. The third kappa shape index (κ3) is 4.97. The van der Waals surface area contributed by atoms with Crippen molar-refractivity contribution in [1.29, 1.82) is 0 Å². The van der Waals surface area contributed by atoms with Crippen molar-refractivity contribution in [2.45, 2.75) is 23.7 Å². The number of carbonyl (C=O) groups is 2. The van der Waals surface area contributed by atoms with E-state index in [1.54, 1.807) is 22.4 Å². The summed E-state index contributed by atoms with van der Waals surface area (Å²) in [5, 5.41) is 11.2. The number of aromatic nitrogens is 1. The number of para-hydroxylation sites is 1. The van der Waals surface area contributed by atoms with Crippen LogP contribution in [0.4, 0.5) is 5.69 Å². The molecular weight excluding hydrogens is 488 g/mol. The summed E-state index contributed by atoms with van der Waals surface area (Å²) in [6, 6.07) is 15.0. The molecule has 0 radical (unpaired) electrons. The molecule has 3 heterocycles. The predicted molar refractivity (Wildman–Crippen MR) is 132 cm³/mol. The zero-order chi connectivity index (χ0) is 24.6. The number of nitrogens with two attached hydrogens (primary N) is 1. The van der Waals surface area contributed by atoms with Gasteiger partial charge in [0.25, 0.3) is 11.8 Å². The fraction of sp³-hybridized carbons (Fsp3) is 0.208.